The molecular formula is C34H30N2O2S4. The molecule has 5 aromatic rings. The number of hydrogen-bond donors (Lipinski definition) is 2. The summed E-state index contributed by atoms with van der Waals surface area (Å²) in [4.78, 5) is 37.3. The van der Waals surface area contributed by atoms with Crippen molar-refractivity contribution in [2.45, 2.75) is 47.3 Å². The van der Waals surface area contributed by atoms with Gasteiger partial charge in [0.15, 0.2) is 0 Å². The van der Waals surface area contributed by atoms with E-state index in [0.29, 0.717) is 8.47 Å². The Kier molecular flexibility index (Phi) is 9.90. The molecular weight excluding hydrogens is 597 g/mol. The minimum Gasteiger partial charge on any atom is -0.315 e. The quantitative estimate of drug-likeness (QED) is 0.173. The highest BCUT2D eigenvalue weighted by Gasteiger charge is 2.13. The largest absolute Gasteiger partial charge is 0.315 e. The summed E-state index contributed by atoms with van der Waals surface area (Å²) in [5, 5.41) is 0.500. The molecule has 0 spiro atoms. The van der Waals surface area contributed by atoms with Gasteiger partial charge in [-0.3, -0.25) is 9.59 Å². The van der Waals surface area contributed by atoms with Crippen LogP contribution in [0.3, 0.4) is 0 Å². The van der Waals surface area contributed by atoms with Gasteiger partial charge >= 0.3 is 0 Å². The fourth-order valence-corrected chi connectivity index (χ4v) is 8.27. The number of aromatic nitrogens is 2. The second-order valence-corrected chi connectivity index (χ2v) is 14.7. The van der Waals surface area contributed by atoms with Crippen molar-refractivity contribution < 1.29 is 0 Å². The van der Waals surface area contributed by atoms with Gasteiger partial charge in [0, 0.05) is 19.6 Å². The molecule has 0 unspecified atom stereocenters. The summed E-state index contributed by atoms with van der Waals surface area (Å²) in [6.45, 7) is 8.16. The molecule has 0 aliphatic heterocycles. The molecule has 0 aliphatic rings. The van der Waals surface area contributed by atoms with Gasteiger partial charge in [0.25, 0.3) is 11.1 Å². The first-order chi connectivity index (χ1) is 20.2. The standard InChI is InChI=1S/C34H30N2O2S4/c1-21-5-13-25(14-6-21)39-33(40-26-15-7-22(2)8-16-26)29-31(37)36-30(32(38)35-29)34(41-27-17-9-23(3)10-18-27)42-28-19-11-24(4)12-20-28/h5-20H,1-4H3,(H,35,38)(H,36,37). The minimum absolute atomic E-state index is 0.250. The third-order valence-corrected chi connectivity index (χ3v) is 10.9. The first kappa shape index (κ1) is 30.2. The van der Waals surface area contributed by atoms with E-state index in [1.165, 1.54) is 47.0 Å². The number of nitrogens with one attached hydrogen (secondary N) is 2. The Bertz CT molecular complexity index is 1680. The number of benzene rings is 4. The summed E-state index contributed by atoms with van der Waals surface area (Å²) in [5.74, 6) is 0. The zero-order valence-electron chi connectivity index (χ0n) is 23.7. The molecule has 0 saturated heterocycles. The molecule has 1 heterocycles. The lowest BCUT2D eigenvalue weighted by Gasteiger charge is -2.09. The lowest BCUT2D eigenvalue weighted by molar-refractivity contribution is 1.00. The predicted octanol–water partition coefficient (Wildman–Crippen LogP) is 7.60. The minimum atomic E-state index is -0.342. The van der Waals surface area contributed by atoms with Crippen LogP contribution in [-0.2, 0) is 0 Å². The van der Waals surface area contributed by atoms with Gasteiger partial charge in [-0.2, -0.15) is 0 Å². The normalized spacial score (nSPS) is 11.0. The van der Waals surface area contributed by atoms with Crippen molar-refractivity contribution in [3.05, 3.63) is 151 Å². The number of rotatable bonds is 8. The third-order valence-electron chi connectivity index (χ3n) is 6.27. The maximum atomic E-state index is 13.7. The van der Waals surface area contributed by atoms with E-state index >= 15 is 0 Å². The molecule has 0 bridgehead atoms. The van der Waals surface area contributed by atoms with Crippen LogP contribution in [-0.4, -0.2) is 9.97 Å². The summed E-state index contributed by atoms with van der Waals surface area (Å²) in [6, 6.07) is 32.5. The summed E-state index contributed by atoms with van der Waals surface area (Å²) in [5.41, 5.74) is 3.94. The SMILES string of the molecule is Cc1ccc(SC(Sc2ccc(C)cc2)=c2[nH]c(=O)c(=C(Sc3ccc(C)cc3)Sc3ccc(C)cc3)[nH]c2=O)cc1. The highest BCUT2D eigenvalue weighted by molar-refractivity contribution is 8.30. The van der Waals surface area contributed by atoms with E-state index in [1.54, 1.807) is 0 Å². The van der Waals surface area contributed by atoms with Crippen LogP contribution in [0.1, 0.15) is 22.3 Å². The van der Waals surface area contributed by atoms with Gasteiger partial charge in [-0.25, -0.2) is 0 Å². The molecule has 42 heavy (non-hydrogen) atoms. The Hall–Kier alpha value is -3.30. The molecule has 0 fully saturated rings. The topological polar surface area (TPSA) is 65.7 Å². The van der Waals surface area contributed by atoms with E-state index in [4.69, 9.17) is 0 Å². The number of aromatic amines is 2. The maximum absolute atomic E-state index is 13.7. The van der Waals surface area contributed by atoms with Crippen LogP contribution in [0.15, 0.2) is 126 Å². The van der Waals surface area contributed by atoms with Crippen molar-refractivity contribution in [2.24, 2.45) is 0 Å². The monoisotopic (exact) mass is 626 g/mol. The third kappa shape index (κ3) is 7.95. The first-order valence-corrected chi connectivity index (χ1v) is 16.6. The van der Waals surface area contributed by atoms with Crippen molar-refractivity contribution in [1.82, 2.24) is 9.97 Å². The molecule has 0 radical (unpaired) electrons. The van der Waals surface area contributed by atoms with Crippen molar-refractivity contribution in [3.8, 4) is 0 Å². The molecule has 4 nitrogen and oxygen atoms in total. The first-order valence-electron chi connectivity index (χ1n) is 13.3. The number of H-pyrrole nitrogens is 2. The average molecular weight is 627 g/mol. The van der Waals surface area contributed by atoms with Crippen LogP contribution >= 0.6 is 47.0 Å². The van der Waals surface area contributed by atoms with Crippen molar-refractivity contribution >= 4 is 55.5 Å². The van der Waals surface area contributed by atoms with Gasteiger partial charge in [-0.1, -0.05) is 118 Å². The van der Waals surface area contributed by atoms with Crippen LogP contribution in [0.4, 0.5) is 0 Å². The van der Waals surface area contributed by atoms with E-state index in [1.807, 2.05) is 125 Å². The van der Waals surface area contributed by atoms with E-state index in [2.05, 4.69) is 9.97 Å². The second-order valence-electron chi connectivity index (χ2n) is 9.89. The Morgan fingerprint density at radius 3 is 0.833 bits per heavy atom. The molecule has 5 rings (SSSR count). The number of aryl methyl sites for hydroxylation is 4. The van der Waals surface area contributed by atoms with E-state index in [9.17, 15) is 9.59 Å². The number of thioether (sulfide) groups is 4. The molecule has 0 atom stereocenters. The summed E-state index contributed by atoms with van der Waals surface area (Å²) < 4.78 is 1.40. The summed E-state index contributed by atoms with van der Waals surface area (Å²) in [6.07, 6.45) is 0. The van der Waals surface area contributed by atoms with Gasteiger partial charge in [-0.15, -0.1) is 0 Å². The lowest BCUT2D eigenvalue weighted by Crippen LogP contribution is -2.47. The van der Waals surface area contributed by atoms with Crippen LogP contribution in [0.25, 0.3) is 8.47 Å². The van der Waals surface area contributed by atoms with Gasteiger partial charge in [0.05, 0.1) is 8.47 Å². The molecule has 0 amide bonds. The van der Waals surface area contributed by atoms with Gasteiger partial charge in [0.2, 0.25) is 0 Å². The fraction of sp³-hybridized carbons (Fsp3) is 0.118. The van der Waals surface area contributed by atoms with Crippen LogP contribution in [0.2, 0.25) is 0 Å². The highest BCUT2D eigenvalue weighted by atomic mass is 32.2. The average Bonchev–Trinajstić information content (AvgIpc) is 2.98. The Labute approximate surface area is 262 Å². The lowest BCUT2D eigenvalue weighted by atomic mass is 10.2. The van der Waals surface area contributed by atoms with Crippen molar-refractivity contribution in [2.75, 3.05) is 0 Å². The molecule has 4 aromatic carbocycles. The Balaban J connectivity index is 1.66. The fourth-order valence-electron chi connectivity index (χ4n) is 3.85. The Morgan fingerprint density at radius 2 is 0.619 bits per heavy atom. The van der Waals surface area contributed by atoms with Crippen molar-refractivity contribution in [3.63, 3.8) is 0 Å². The van der Waals surface area contributed by atoms with Gasteiger partial charge < -0.3 is 9.97 Å². The second kappa shape index (κ2) is 13.8. The van der Waals surface area contributed by atoms with Gasteiger partial charge in [-0.05, 0) is 76.2 Å². The maximum Gasteiger partial charge on any atom is 0.274 e. The van der Waals surface area contributed by atoms with E-state index in [-0.39, 0.29) is 21.8 Å². The summed E-state index contributed by atoms with van der Waals surface area (Å²) in [7, 11) is 0. The smallest absolute Gasteiger partial charge is 0.274 e. The molecule has 1 aromatic heterocycles. The highest BCUT2D eigenvalue weighted by Crippen LogP contribution is 2.40. The molecule has 8 heteroatoms. The van der Waals surface area contributed by atoms with E-state index < -0.39 is 0 Å². The predicted molar refractivity (Wildman–Crippen MR) is 182 cm³/mol. The zero-order chi connectivity index (χ0) is 29.6. The number of hydrogen-bond acceptors (Lipinski definition) is 6. The zero-order valence-corrected chi connectivity index (χ0v) is 27.0. The van der Waals surface area contributed by atoms with Crippen LogP contribution in [0.5, 0.6) is 0 Å². The van der Waals surface area contributed by atoms with Gasteiger partial charge in [0.1, 0.15) is 10.7 Å². The van der Waals surface area contributed by atoms with Crippen molar-refractivity contribution in [1.29, 1.82) is 0 Å². The molecule has 2 N–H and O–H groups in total. The molecule has 0 aliphatic carbocycles. The molecule has 212 valence electrons. The molecule has 0 saturated carbocycles. The van der Waals surface area contributed by atoms with E-state index in [0.717, 1.165) is 41.8 Å². The van der Waals surface area contributed by atoms with Crippen LogP contribution < -0.4 is 21.8 Å². The van der Waals surface area contributed by atoms with Crippen LogP contribution in [0, 0.1) is 27.7 Å². The Morgan fingerprint density at radius 1 is 0.405 bits per heavy atom. The summed E-state index contributed by atoms with van der Waals surface area (Å²) >= 11 is 5.87.